The number of nitrogens with zero attached hydrogens (tertiary/aromatic N) is 1. The highest BCUT2D eigenvalue weighted by atomic mass is 16.7. The Balaban J connectivity index is 4.26. The third-order valence-electron chi connectivity index (χ3n) is 13.9. The normalized spacial score (nSPS) is 13.8. The molecule has 0 bridgehead atoms. The van der Waals surface area contributed by atoms with E-state index in [2.05, 4.69) is 184 Å². The van der Waals surface area contributed by atoms with Gasteiger partial charge in [-0.3, -0.25) is 9.59 Å². The first kappa shape index (κ1) is 81.7. The zero-order chi connectivity index (χ0) is 63.3. The number of rotatable bonds is 61. The first-order chi connectivity index (χ1) is 42.6. The van der Waals surface area contributed by atoms with Crippen LogP contribution in [0.15, 0.2) is 170 Å². The van der Waals surface area contributed by atoms with Crippen molar-refractivity contribution in [2.75, 3.05) is 47.5 Å². The second-order valence-electron chi connectivity index (χ2n) is 23.4. The fourth-order valence-corrected chi connectivity index (χ4v) is 8.72. The molecule has 2 unspecified atom stereocenters. The smallest absolute Gasteiger partial charge is 0.306 e. The Morgan fingerprint density at radius 2 is 0.655 bits per heavy atom. The number of carboxylic acid groups (broad SMARTS) is 1. The molecule has 9 nitrogen and oxygen atoms in total. The van der Waals surface area contributed by atoms with E-state index in [1.54, 1.807) is 0 Å². The molecule has 87 heavy (non-hydrogen) atoms. The van der Waals surface area contributed by atoms with Gasteiger partial charge in [-0.1, -0.05) is 267 Å². The zero-order valence-corrected chi connectivity index (χ0v) is 55.8. The Morgan fingerprint density at radius 1 is 0.356 bits per heavy atom. The molecular weight excluding hydrogens is 1080 g/mol. The highest BCUT2D eigenvalue weighted by molar-refractivity contribution is 5.70. The minimum Gasteiger partial charge on any atom is -0.545 e. The molecule has 0 aromatic heterocycles. The first-order valence-electron chi connectivity index (χ1n) is 34.3. The van der Waals surface area contributed by atoms with Crippen LogP contribution in [0.1, 0.15) is 245 Å². The van der Waals surface area contributed by atoms with E-state index < -0.39 is 24.3 Å². The Morgan fingerprint density at radius 3 is 0.977 bits per heavy atom. The maximum absolute atomic E-state index is 12.9. The van der Waals surface area contributed by atoms with Gasteiger partial charge in [-0.25, -0.2) is 0 Å². The SMILES string of the molecule is CC/C=C\C/C=C\C/C=C\C/C=C\C/C=C\C/C=C\C/C=C\C/C=C\C/C=C\C/C=C\C/C=C\C/C=C\CCCCCCC(=O)OC(COC(=O)CCCCCCCCCCC/C=C\C/C=C\CCCCCCC)COC(OCC[N+](C)(C)C)C(=O)[O-]. The summed E-state index contributed by atoms with van der Waals surface area (Å²) in [6.45, 7) is 4.57. The number of carbonyl (C=O) groups is 3. The highest BCUT2D eigenvalue weighted by Crippen LogP contribution is 2.14. The number of allylic oxidation sites excluding steroid dienone is 28. The molecular formula is C78H125NO8. The summed E-state index contributed by atoms with van der Waals surface area (Å²) in [5.74, 6) is -2.34. The number of unbranched alkanes of at least 4 members (excludes halogenated alkanes) is 18. The van der Waals surface area contributed by atoms with E-state index in [4.69, 9.17) is 18.9 Å². The Hall–Kier alpha value is -5.35. The van der Waals surface area contributed by atoms with Gasteiger partial charge in [0.2, 0.25) is 0 Å². The van der Waals surface area contributed by atoms with Crippen LogP contribution < -0.4 is 5.11 Å². The predicted molar refractivity (Wildman–Crippen MR) is 370 cm³/mol. The summed E-state index contributed by atoms with van der Waals surface area (Å²) in [6, 6.07) is 0. The summed E-state index contributed by atoms with van der Waals surface area (Å²) in [7, 11) is 5.90. The monoisotopic (exact) mass is 1200 g/mol. The molecule has 0 saturated heterocycles. The van der Waals surface area contributed by atoms with Crippen molar-refractivity contribution in [3.8, 4) is 0 Å². The van der Waals surface area contributed by atoms with Crippen LogP contribution >= 0.6 is 0 Å². The third kappa shape index (κ3) is 68.0. The molecule has 9 heteroatoms. The summed E-state index contributed by atoms with van der Waals surface area (Å²) in [6.07, 6.45) is 97.1. The lowest BCUT2D eigenvalue weighted by atomic mass is 10.1. The average molecular weight is 1200 g/mol. The molecule has 0 spiro atoms. The summed E-state index contributed by atoms with van der Waals surface area (Å²) >= 11 is 0. The Bertz CT molecular complexity index is 2030. The van der Waals surface area contributed by atoms with Crippen molar-refractivity contribution in [3.63, 3.8) is 0 Å². The lowest BCUT2D eigenvalue weighted by molar-refractivity contribution is -0.870. The van der Waals surface area contributed by atoms with Gasteiger partial charge in [0.05, 0.1) is 40.3 Å². The van der Waals surface area contributed by atoms with Gasteiger partial charge in [0, 0.05) is 12.8 Å². The van der Waals surface area contributed by atoms with Gasteiger partial charge in [-0.05, 0) is 135 Å². The van der Waals surface area contributed by atoms with Crippen LogP contribution in [0, 0.1) is 0 Å². The van der Waals surface area contributed by atoms with Gasteiger partial charge in [0.1, 0.15) is 13.2 Å². The number of hydrogen-bond acceptors (Lipinski definition) is 8. The quantitative estimate of drug-likeness (QED) is 0.0195. The lowest BCUT2D eigenvalue weighted by Gasteiger charge is -2.26. The van der Waals surface area contributed by atoms with Crippen LogP contribution in [0.3, 0.4) is 0 Å². The van der Waals surface area contributed by atoms with Crippen molar-refractivity contribution in [3.05, 3.63) is 170 Å². The second-order valence-corrected chi connectivity index (χ2v) is 23.4. The van der Waals surface area contributed by atoms with E-state index in [0.717, 1.165) is 141 Å². The fraction of sp³-hybridized carbons (Fsp3) is 0.603. The van der Waals surface area contributed by atoms with E-state index in [0.29, 0.717) is 17.4 Å². The molecule has 490 valence electrons. The van der Waals surface area contributed by atoms with Gasteiger partial charge >= 0.3 is 11.9 Å². The van der Waals surface area contributed by atoms with Gasteiger partial charge in [0.15, 0.2) is 12.4 Å². The molecule has 0 fully saturated rings. The maximum Gasteiger partial charge on any atom is 0.306 e. The number of carbonyl (C=O) groups excluding carboxylic acids is 3. The van der Waals surface area contributed by atoms with E-state index in [-0.39, 0.29) is 38.6 Å². The standard InChI is InChI=1S/C78H125NO8/c1-6-8-10-12-14-16-18-20-22-24-26-28-29-30-31-32-33-34-35-36-37-38-39-40-41-42-43-44-45-46-47-49-51-53-55-57-59-61-63-65-67-69-76(81)87-74(73-86-78(77(82)83)84-71-70-79(3,4)5)72-85-75(80)68-66-64-62-60-58-56-54-52-50-48-27-25-23-21-19-17-15-13-11-9-7-2/h8,10,14,16,19-22,25-28,30-31,33-34,36-37,39-40,42-43,45-46,49,51,55,57,74,78H,6-7,9,11-13,15,17-18,23-24,29,32,35,38,41,44,47-48,50,52-54,56,58-73H2,1-5H3/b10-8-,16-14-,21-19-,22-20-,27-25-,28-26-,31-30-,34-33-,37-36-,40-39-,43-42-,46-45-,51-49-,57-55-. The van der Waals surface area contributed by atoms with E-state index in [9.17, 15) is 19.5 Å². The van der Waals surface area contributed by atoms with Crippen molar-refractivity contribution in [1.29, 1.82) is 0 Å². The van der Waals surface area contributed by atoms with Gasteiger partial charge in [0.25, 0.3) is 0 Å². The van der Waals surface area contributed by atoms with E-state index in [1.807, 2.05) is 21.1 Å². The van der Waals surface area contributed by atoms with Crippen LogP contribution in [0.25, 0.3) is 0 Å². The largest absolute Gasteiger partial charge is 0.545 e. The summed E-state index contributed by atoms with van der Waals surface area (Å²) in [4.78, 5) is 37.4. The molecule has 0 amide bonds. The molecule has 0 N–H and O–H groups in total. The minimum absolute atomic E-state index is 0.133. The lowest BCUT2D eigenvalue weighted by Crippen LogP contribution is -2.44. The maximum atomic E-state index is 12.9. The number of likely N-dealkylation sites (N-methyl/N-ethyl adjacent to an activating group) is 1. The number of esters is 2. The van der Waals surface area contributed by atoms with Gasteiger partial charge in [-0.15, -0.1) is 0 Å². The molecule has 2 atom stereocenters. The van der Waals surface area contributed by atoms with Crippen LogP contribution in [-0.4, -0.2) is 82.3 Å². The zero-order valence-electron chi connectivity index (χ0n) is 55.8. The van der Waals surface area contributed by atoms with Gasteiger partial charge < -0.3 is 33.3 Å². The number of hydrogen-bond donors (Lipinski definition) is 0. The van der Waals surface area contributed by atoms with Crippen molar-refractivity contribution >= 4 is 17.9 Å². The number of carboxylic acids is 1. The van der Waals surface area contributed by atoms with Crippen molar-refractivity contribution in [1.82, 2.24) is 0 Å². The Labute approximate surface area is 533 Å². The first-order valence-corrected chi connectivity index (χ1v) is 34.3. The number of ether oxygens (including phenoxy) is 4. The van der Waals surface area contributed by atoms with Crippen molar-refractivity contribution < 1.29 is 42.9 Å². The molecule has 0 rings (SSSR count). The van der Waals surface area contributed by atoms with Crippen LogP contribution in [-0.2, 0) is 33.3 Å². The summed E-state index contributed by atoms with van der Waals surface area (Å²) < 4.78 is 22.7. The molecule has 0 aromatic rings. The van der Waals surface area contributed by atoms with Crippen molar-refractivity contribution in [2.24, 2.45) is 0 Å². The molecule has 0 aromatic carbocycles. The molecule has 0 aliphatic rings. The fourth-order valence-electron chi connectivity index (χ4n) is 8.72. The average Bonchev–Trinajstić information content (AvgIpc) is 3.59. The number of aliphatic carboxylic acids is 1. The highest BCUT2D eigenvalue weighted by Gasteiger charge is 2.22. The number of quaternary nitrogens is 1. The summed E-state index contributed by atoms with van der Waals surface area (Å²) in [5, 5.41) is 11.8. The van der Waals surface area contributed by atoms with Crippen LogP contribution in [0.4, 0.5) is 0 Å². The van der Waals surface area contributed by atoms with Crippen LogP contribution in [0.2, 0.25) is 0 Å². The second kappa shape index (κ2) is 66.6. The van der Waals surface area contributed by atoms with Crippen LogP contribution in [0.5, 0.6) is 0 Å². The van der Waals surface area contributed by atoms with Crippen molar-refractivity contribution in [2.45, 2.75) is 257 Å². The summed E-state index contributed by atoms with van der Waals surface area (Å²) in [5.41, 5.74) is 0. The molecule has 0 heterocycles. The van der Waals surface area contributed by atoms with Gasteiger partial charge in [-0.2, -0.15) is 0 Å². The van der Waals surface area contributed by atoms with E-state index >= 15 is 0 Å². The molecule has 0 radical (unpaired) electrons. The molecule has 0 aliphatic heterocycles. The topological polar surface area (TPSA) is 111 Å². The third-order valence-corrected chi connectivity index (χ3v) is 13.9. The Kier molecular flexibility index (Phi) is 62.5. The predicted octanol–water partition coefficient (Wildman–Crippen LogP) is 20.1. The minimum atomic E-state index is -1.64. The molecule has 0 aliphatic carbocycles. The molecule has 0 saturated carbocycles. The van der Waals surface area contributed by atoms with E-state index in [1.165, 1.54) is 70.6 Å².